The van der Waals surface area contributed by atoms with Gasteiger partial charge in [0.2, 0.25) is 0 Å². The first-order chi connectivity index (χ1) is 12.9. The smallest absolute Gasteiger partial charge is 0.255 e. The Morgan fingerprint density at radius 3 is 2.07 bits per heavy atom. The monoisotopic (exact) mass is 370 g/mol. The lowest BCUT2D eigenvalue weighted by molar-refractivity contribution is -0.153. The molecule has 142 valence electrons. The Hall–Kier alpha value is -2.90. The van der Waals surface area contributed by atoms with E-state index in [1.807, 2.05) is 24.3 Å². The fourth-order valence-corrected chi connectivity index (χ4v) is 3.10. The summed E-state index contributed by atoms with van der Waals surface area (Å²) in [4.78, 5) is 26.1. The third kappa shape index (κ3) is 4.10. The van der Waals surface area contributed by atoms with Crippen LogP contribution < -0.4 is 5.32 Å². The van der Waals surface area contributed by atoms with Gasteiger partial charge in [0.1, 0.15) is 5.75 Å². The third-order valence-electron chi connectivity index (χ3n) is 4.73. The van der Waals surface area contributed by atoms with Crippen LogP contribution in [-0.4, -0.2) is 44.2 Å². The maximum atomic E-state index is 12.5. The zero-order valence-corrected chi connectivity index (χ0v) is 14.9. The van der Waals surface area contributed by atoms with Crippen LogP contribution in [0.3, 0.4) is 0 Å². The largest absolute Gasteiger partial charge is 0.508 e. The molecule has 7 nitrogen and oxygen atoms in total. The van der Waals surface area contributed by atoms with Crippen molar-refractivity contribution >= 4 is 11.8 Å². The highest BCUT2D eigenvalue weighted by Crippen LogP contribution is 2.23. The van der Waals surface area contributed by atoms with Crippen molar-refractivity contribution in [3.63, 3.8) is 0 Å². The maximum Gasteiger partial charge on any atom is 0.255 e. The number of nitrogens with one attached hydrogen (secondary N) is 1. The second kappa shape index (κ2) is 7.77. The van der Waals surface area contributed by atoms with Gasteiger partial charge in [-0.15, -0.1) is 0 Å². The second-order valence-corrected chi connectivity index (χ2v) is 6.67. The average Bonchev–Trinajstić information content (AvgIpc) is 3.10. The fourth-order valence-electron chi connectivity index (χ4n) is 3.10. The van der Waals surface area contributed by atoms with Crippen molar-refractivity contribution in [3.05, 3.63) is 65.2 Å². The van der Waals surface area contributed by atoms with Crippen LogP contribution in [0.25, 0.3) is 0 Å². The molecule has 0 bridgehead atoms. The molecule has 1 aliphatic rings. The van der Waals surface area contributed by atoms with E-state index in [1.165, 1.54) is 17.0 Å². The van der Waals surface area contributed by atoms with Crippen LogP contribution in [0.5, 0.6) is 5.75 Å². The van der Waals surface area contributed by atoms with E-state index in [0.29, 0.717) is 18.7 Å². The number of phenols is 1. The molecule has 0 fully saturated rings. The summed E-state index contributed by atoms with van der Waals surface area (Å²) in [7, 11) is 0. The van der Waals surface area contributed by atoms with E-state index in [2.05, 4.69) is 5.32 Å². The molecule has 3 rings (SSSR count). The summed E-state index contributed by atoms with van der Waals surface area (Å²) in [6.45, 7) is 2.37. The summed E-state index contributed by atoms with van der Waals surface area (Å²) in [5.74, 6) is -1.43. The number of carbonyl (C=O) groups is 2. The molecule has 2 aromatic rings. The van der Waals surface area contributed by atoms with E-state index in [-0.39, 0.29) is 5.75 Å². The number of aliphatic hydroxyl groups is 2. The summed E-state index contributed by atoms with van der Waals surface area (Å²) < 4.78 is 0. The molecule has 0 aromatic heterocycles. The molecule has 1 aliphatic heterocycles. The predicted molar refractivity (Wildman–Crippen MR) is 97.4 cm³/mol. The molecule has 3 atom stereocenters. The maximum absolute atomic E-state index is 12.5. The number of hydrogen-bond donors (Lipinski definition) is 4. The van der Waals surface area contributed by atoms with E-state index < -0.39 is 30.1 Å². The molecule has 0 saturated carbocycles. The second-order valence-electron chi connectivity index (χ2n) is 6.67. The fraction of sp³-hybridized carbons (Fsp3) is 0.300. The highest BCUT2D eigenvalue weighted by molar-refractivity contribution is 5.91. The number of amides is 2. The van der Waals surface area contributed by atoms with Gasteiger partial charge in [-0.1, -0.05) is 36.4 Å². The van der Waals surface area contributed by atoms with Gasteiger partial charge in [0.25, 0.3) is 11.8 Å². The van der Waals surface area contributed by atoms with Crippen molar-refractivity contribution in [2.24, 2.45) is 0 Å². The summed E-state index contributed by atoms with van der Waals surface area (Å²) in [5, 5.41) is 32.2. The highest BCUT2D eigenvalue weighted by Gasteiger charge is 2.35. The number of aromatic hydroxyl groups is 1. The Morgan fingerprint density at radius 2 is 1.52 bits per heavy atom. The molecule has 0 unspecified atom stereocenters. The molecule has 7 heteroatoms. The first-order valence-electron chi connectivity index (χ1n) is 8.68. The van der Waals surface area contributed by atoms with Gasteiger partial charge in [-0.25, -0.2) is 0 Å². The quantitative estimate of drug-likeness (QED) is 0.623. The summed E-state index contributed by atoms with van der Waals surface area (Å²) in [6, 6.07) is 13.3. The third-order valence-corrected chi connectivity index (χ3v) is 4.73. The van der Waals surface area contributed by atoms with E-state index in [1.54, 1.807) is 19.1 Å². The summed E-state index contributed by atoms with van der Waals surface area (Å²) >= 11 is 0. The van der Waals surface area contributed by atoms with Crippen LogP contribution in [0.4, 0.5) is 0 Å². The van der Waals surface area contributed by atoms with E-state index in [9.17, 15) is 24.9 Å². The van der Waals surface area contributed by atoms with E-state index >= 15 is 0 Å². The number of aliphatic hydroxyl groups excluding tert-OH is 2. The molecular formula is C20H22N2O5. The van der Waals surface area contributed by atoms with Crippen LogP contribution >= 0.6 is 0 Å². The Kier molecular flexibility index (Phi) is 5.43. The topological polar surface area (TPSA) is 110 Å². The first kappa shape index (κ1) is 18.9. The molecule has 0 radical (unpaired) electrons. The summed E-state index contributed by atoms with van der Waals surface area (Å²) in [5.41, 5.74) is 2.68. The van der Waals surface area contributed by atoms with Crippen molar-refractivity contribution in [1.82, 2.24) is 10.2 Å². The Labute approximate surface area is 156 Å². The van der Waals surface area contributed by atoms with Gasteiger partial charge in [0.05, 0.1) is 6.04 Å². The highest BCUT2D eigenvalue weighted by atomic mass is 16.3. The molecule has 4 N–H and O–H groups in total. The van der Waals surface area contributed by atoms with Crippen LogP contribution in [0, 0.1) is 0 Å². The van der Waals surface area contributed by atoms with Gasteiger partial charge in [0.15, 0.2) is 12.2 Å². The standard InChI is InChI=1S/C20H22N2O5/c1-12(13-6-8-16(23)9-7-13)21-19(26)17(24)18(25)20(27)22-10-14-4-2-3-5-15(14)11-22/h2-9,12,17-18,23-25H,10-11H2,1H3,(H,21,26)/t12-,17-,18-/m1/s1. The van der Waals surface area contributed by atoms with Gasteiger partial charge in [-0.3, -0.25) is 9.59 Å². The van der Waals surface area contributed by atoms with Crippen molar-refractivity contribution < 1.29 is 24.9 Å². The van der Waals surface area contributed by atoms with Gasteiger partial charge < -0.3 is 25.5 Å². The number of fused-ring (bicyclic) bond motifs is 1. The van der Waals surface area contributed by atoms with Crippen LogP contribution in [0.1, 0.15) is 29.7 Å². The average molecular weight is 370 g/mol. The summed E-state index contributed by atoms with van der Waals surface area (Å²) in [6.07, 6.45) is -3.72. The van der Waals surface area contributed by atoms with E-state index in [4.69, 9.17) is 0 Å². The van der Waals surface area contributed by atoms with Crippen LogP contribution in [0.2, 0.25) is 0 Å². The van der Waals surface area contributed by atoms with Crippen molar-refractivity contribution in [2.75, 3.05) is 0 Å². The normalized spacial score (nSPS) is 16.3. The van der Waals surface area contributed by atoms with E-state index in [0.717, 1.165) is 11.1 Å². The van der Waals surface area contributed by atoms with Gasteiger partial charge in [-0.2, -0.15) is 0 Å². The number of rotatable bonds is 5. The predicted octanol–water partition coefficient (Wildman–Crippen LogP) is 0.834. The minimum Gasteiger partial charge on any atom is -0.508 e. The van der Waals surface area contributed by atoms with Gasteiger partial charge in [-0.05, 0) is 35.7 Å². The van der Waals surface area contributed by atoms with Crippen LogP contribution in [-0.2, 0) is 22.7 Å². The lowest BCUT2D eigenvalue weighted by Crippen LogP contribution is -2.50. The number of hydrogen-bond acceptors (Lipinski definition) is 5. The van der Waals surface area contributed by atoms with Crippen molar-refractivity contribution in [2.45, 2.75) is 38.3 Å². The zero-order chi connectivity index (χ0) is 19.6. The van der Waals surface area contributed by atoms with Crippen molar-refractivity contribution in [3.8, 4) is 5.75 Å². The molecule has 2 amide bonds. The molecule has 27 heavy (non-hydrogen) atoms. The Morgan fingerprint density at radius 1 is 0.963 bits per heavy atom. The Balaban J connectivity index is 1.59. The molecule has 2 aromatic carbocycles. The van der Waals surface area contributed by atoms with Gasteiger partial charge >= 0.3 is 0 Å². The first-order valence-corrected chi connectivity index (χ1v) is 8.68. The van der Waals surface area contributed by atoms with Gasteiger partial charge in [0, 0.05) is 13.1 Å². The minimum atomic E-state index is -1.87. The SMILES string of the molecule is C[C@@H](NC(=O)[C@H](O)[C@@H](O)C(=O)N1Cc2ccccc2C1)c1ccc(O)cc1. The number of nitrogens with zero attached hydrogens (tertiary/aromatic N) is 1. The molecule has 1 heterocycles. The lowest BCUT2D eigenvalue weighted by Gasteiger charge is -2.24. The Bertz CT molecular complexity index is 812. The lowest BCUT2D eigenvalue weighted by atomic mass is 10.1. The molecule has 0 saturated heterocycles. The number of carbonyl (C=O) groups excluding carboxylic acids is 2. The van der Waals surface area contributed by atoms with Crippen molar-refractivity contribution in [1.29, 1.82) is 0 Å². The van der Waals surface area contributed by atoms with Crippen LogP contribution in [0.15, 0.2) is 48.5 Å². The molecule has 0 aliphatic carbocycles. The number of benzene rings is 2. The molecule has 0 spiro atoms. The number of phenolic OH excluding ortho intramolecular Hbond substituents is 1. The molecular weight excluding hydrogens is 348 g/mol. The minimum absolute atomic E-state index is 0.102. The zero-order valence-electron chi connectivity index (χ0n) is 14.9.